The third-order valence-corrected chi connectivity index (χ3v) is 0.440. The Morgan fingerprint density at radius 2 is 2.57 bits per heavy atom. The monoisotopic (exact) mass is 99.0 g/mol. The summed E-state index contributed by atoms with van der Waals surface area (Å²) in [5.74, 6) is 0. The van der Waals surface area contributed by atoms with Crippen molar-refractivity contribution in [2.45, 2.75) is 6.42 Å². The molecular formula is C5H7O2. The van der Waals surface area contributed by atoms with Crippen molar-refractivity contribution in [3.63, 3.8) is 0 Å². The van der Waals surface area contributed by atoms with Crippen LogP contribution in [0.25, 0.3) is 0 Å². The van der Waals surface area contributed by atoms with Crippen LogP contribution in [0, 0.1) is 0 Å². The van der Waals surface area contributed by atoms with E-state index < -0.39 is 0 Å². The van der Waals surface area contributed by atoms with Crippen LogP contribution in [0.5, 0.6) is 0 Å². The highest BCUT2D eigenvalue weighted by atomic mass is 16.5. The molecule has 0 saturated carbocycles. The molecule has 0 aliphatic rings. The highest BCUT2D eigenvalue weighted by Crippen LogP contribution is 1.75. The zero-order chi connectivity index (χ0) is 5.54. The lowest BCUT2D eigenvalue weighted by Crippen LogP contribution is -1.85. The van der Waals surface area contributed by atoms with E-state index in [2.05, 4.69) is 11.3 Å². The first-order valence-corrected chi connectivity index (χ1v) is 1.99. The molecule has 0 amide bonds. The molecule has 0 bridgehead atoms. The van der Waals surface area contributed by atoms with Gasteiger partial charge in [0.1, 0.15) is 0 Å². The highest BCUT2D eigenvalue weighted by molar-refractivity contribution is 5.50. The van der Waals surface area contributed by atoms with Gasteiger partial charge in [-0.1, -0.05) is 6.58 Å². The summed E-state index contributed by atoms with van der Waals surface area (Å²) in [6, 6.07) is 0. The van der Waals surface area contributed by atoms with Crippen LogP contribution < -0.4 is 0 Å². The molecule has 1 radical (unpaired) electrons. The van der Waals surface area contributed by atoms with E-state index >= 15 is 0 Å². The molecule has 39 valence electrons. The van der Waals surface area contributed by atoms with Gasteiger partial charge in [-0.3, -0.25) is 4.79 Å². The Morgan fingerprint density at radius 1 is 1.86 bits per heavy atom. The molecule has 0 spiro atoms. The molecule has 0 N–H and O–H groups in total. The van der Waals surface area contributed by atoms with Crippen molar-refractivity contribution in [1.82, 2.24) is 0 Å². The fraction of sp³-hybridized carbons (Fsp3) is 0.400. The Labute approximate surface area is 42.8 Å². The predicted octanol–water partition coefficient (Wildman–Crippen LogP) is 0.646. The molecule has 0 saturated heterocycles. The molecule has 0 aromatic rings. The van der Waals surface area contributed by atoms with Crippen molar-refractivity contribution in [1.29, 1.82) is 0 Å². The third-order valence-electron chi connectivity index (χ3n) is 0.440. The maximum Gasteiger partial charge on any atom is 0.201 e. The first kappa shape index (κ1) is 6.21. The number of hydrogen-bond acceptors (Lipinski definition) is 2. The van der Waals surface area contributed by atoms with Crippen LogP contribution in [0.2, 0.25) is 0 Å². The second-order valence-electron chi connectivity index (χ2n) is 0.932. The van der Waals surface area contributed by atoms with Crippen molar-refractivity contribution < 1.29 is 9.53 Å². The lowest BCUT2D eigenvalue weighted by Gasteiger charge is -1.89. The van der Waals surface area contributed by atoms with Gasteiger partial charge in [-0.2, -0.15) is 0 Å². The second kappa shape index (κ2) is 5.21. The van der Waals surface area contributed by atoms with Gasteiger partial charge in [0.25, 0.3) is 0 Å². The fourth-order valence-corrected chi connectivity index (χ4v) is 0.184. The SMILES string of the molecule is C=COCC[C]=O. The van der Waals surface area contributed by atoms with E-state index in [4.69, 9.17) is 0 Å². The van der Waals surface area contributed by atoms with E-state index in [9.17, 15) is 4.79 Å². The lowest BCUT2D eigenvalue weighted by molar-refractivity contribution is 0.259. The van der Waals surface area contributed by atoms with Gasteiger partial charge in [-0.05, 0) is 0 Å². The largest absolute Gasteiger partial charge is 0.501 e. The van der Waals surface area contributed by atoms with Crippen molar-refractivity contribution in [2.24, 2.45) is 0 Å². The molecule has 0 aliphatic carbocycles. The molecule has 0 fully saturated rings. The van der Waals surface area contributed by atoms with Crippen LogP contribution in [0.3, 0.4) is 0 Å². The van der Waals surface area contributed by atoms with Gasteiger partial charge in [0.15, 0.2) is 0 Å². The normalized spacial score (nSPS) is 7.43. The minimum atomic E-state index is 0.325. The third kappa shape index (κ3) is 5.21. The maximum atomic E-state index is 9.44. The Hall–Kier alpha value is -0.790. The van der Waals surface area contributed by atoms with E-state index in [1.807, 2.05) is 0 Å². The number of carbonyl (C=O) groups excluding carboxylic acids is 1. The van der Waals surface area contributed by atoms with Crippen LogP contribution in [-0.4, -0.2) is 12.9 Å². The van der Waals surface area contributed by atoms with Crippen LogP contribution in [0.15, 0.2) is 12.8 Å². The van der Waals surface area contributed by atoms with E-state index in [1.54, 1.807) is 6.29 Å². The minimum absolute atomic E-state index is 0.325. The van der Waals surface area contributed by atoms with E-state index in [0.717, 1.165) is 0 Å². The zero-order valence-corrected chi connectivity index (χ0v) is 4.02. The van der Waals surface area contributed by atoms with Gasteiger partial charge in [-0.15, -0.1) is 0 Å². The van der Waals surface area contributed by atoms with Crippen LogP contribution >= 0.6 is 0 Å². The Kier molecular flexibility index (Phi) is 4.62. The molecule has 2 nitrogen and oxygen atoms in total. The summed E-state index contributed by atoms with van der Waals surface area (Å²) in [6.45, 7) is 3.68. The van der Waals surface area contributed by atoms with E-state index in [1.165, 1.54) is 6.26 Å². The fourth-order valence-electron chi connectivity index (χ4n) is 0.184. The van der Waals surface area contributed by atoms with Gasteiger partial charge in [-0.25, -0.2) is 0 Å². The molecule has 0 rings (SSSR count). The molecular weight excluding hydrogens is 92.1 g/mol. The average molecular weight is 99.1 g/mol. The topological polar surface area (TPSA) is 26.3 Å². The Balaban J connectivity index is 2.68. The van der Waals surface area contributed by atoms with Gasteiger partial charge >= 0.3 is 0 Å². The van der Waals surface area contributed by atoms with E-state index in [0.29, 0.717) is 13.0 Å². The van der Waals surface area contributed by atoms with Crippen molar-refractivity contribution in [2.75, 3.05) is 6.61 Å². The smallest absolute Gasteiger partial charge is 0.201 e. The van der Waals surface area contributed by atoms with Gasteiger partial charge in [0.05, 0.1) is 12.9 Å². The lowest BCUT2D eigenvalue weighted by atomic mass is 10.5. The van der Waals surface area contributed by atoms with Crippen molar-refractivity contribution in [3.8, 4) is 0 Å². The van der Waals surface area contributed by atoms with E-state index in [-0.39, 0.29) is 0 Å². The quantitative estimate of drug-likeness (QED) is 0.382. The predicted molar refractivity (Wildman–Crippen MR) is 26.5 cm³/mol. The molecule has 0 aliphatic heterocycles. The molecule has 7 heavy (non-hydrogen) atoms. The number of rotatable bonds is 4. The van der Waals surface area contributed by atoms with Crippen LogP contribution in [0.4, 0.5) is 0 Å². The summed E-state index contributed by atoms with van der Waals surface area (Å²) >= 11 is 0. The maximum absolute atomic E-state index is 9.44. The van der Waals surface area contributed by atoms with Crippen LogP contribution in [0.1, 0.15) is 6.42 Å². The average Bonchev–Trinajstić information content (AvgIpc) is 1.69. The molecule has 0 atom stereocenters. The van der Waals surface area contributed by atoms with Gasteiger partial charge in [0.2, 0.25) is 6.29 Å². The summed E-state index contributed by atoms with van der Waals surface area (Å²) in [5, 5.41) is 0. The number of hydrogen-bond donors (Lipinski definition) is 0. The zero-order valence-electron chi connectivity index (χ0n) is 4.02. The first-order chi connectivity index (χ1) is 3.41. The molecule has 0 unspecified atom stereocenters. The Morgan fingerprint density at radius 3 is 3.00 bits per heavy atom. The summed E-state index contributed by atoms with van der Waals surface area (Å²) in [7, 11) is 0. The molecule has 2 heteroatoms. The van der Waals surface area contributed by atoms with Gasteiger partial charge < -0.3 is 4.74 Å². The highest BCUT2D eigenvalue weighted by Gasteiger charge is 1.77. The summed E-state index contributed by atoms with van der Waals surface area (Å²) in [6.07, 6.45) is 3.31. The molecule has 0 heterocycles. The van der Waals surface area contributed by atoms with Crippen LogP contribution in [-0.2, 0) is 9.53 Å². The molecule has 0 aromatic carbocycles. The Bertz CT molecular complexity index is 51.1. The van der Waals surface area contributed by atoms with Crippen molar-refractivity contribution >= 4 is 6.29 Å². The molecule has 0 aromatic heterocycles. The summed E-state index contributed by atoms with van der Waals surface area (Å²) in [5.41, 5.74) is 0. The van der Waals surface area contributed by atoms with Gasteiger partial charge in [0, 0.05) is 6.42 Å². The standard InChI is InChI=1S/C5H7O2/c1-2-7-5-3-4-6/h2H,1,3,5H2. The minimum Gasteiger partial charge on any atom is -0.501 e. The summed E-state index contributed by atoms with van der Waals surface area (Å²) < 4.78 is 4.58. The van der Waals surface area contributed by atoms with Crippen molar-refractivity contribution in [3.05, 3.63) is 12.8 Å². The number of ether oxygens (including phenoxy) is 1. The second-order valence-corrected chi connectivity index (χ2v) is 0.932. The first-order valence-electron chi connectivity index (χ1n) is 1.99. The summed E-state index contributed by atoms with van der Waals surface area (Å²) in [4.78, 5) is 9.44.